The average molecular weight is 267 g/mol. The molecule has 0 aliphatic heterocycles. The highest BCUT2D eigenvalue weighted by molar-refractivity contribution is 8.12. The van der Waals surface area contributed by atoms with Crippen LogP contribution >= 0.6 is 6.34 Å². The monoisotopic (exact) mass is 267 g/mol. The van der Waals surface area contributed by atoms with Crippen molar-refractivity contribution in [1.82, 2.24) is 14.7 Å². The van der Waals surface area contributed by atoms with E-state index < -0.39 is 6.34 Å². The Morgan fingerprint density at radius 3 is 2.19 bits per heavy atom. The molecule has 5 nitrogen and oxygen atoms in total. The molecule has 0 aromatic rings. The number of hydrogen-bond donors (Lipinski definition) is 1. The molecule has 0 atom stereocenters. The van der Waals surface area contributed by atoms with Crippen molar-refractivity contribution in [2.45, 2.75) is 6.92 Å². The predicted octanol–water partition coefficient (Wildman–Crippen LogP) is 0.529. The molecule has 96 valence electrons. The summed E-state index contributed by atoms with van der Waals surface area (Å²) >= 11 is 5.61. The second-order valence-corrected chi connectivity index (χ2v) is 8.75. The van der Waals surface area contributed by atoms with Gasteiger partial charge in [0.25, 0.3) is 0 Å². The molecule has 0 heterocycles. The minimum absolute atomic E-state index is 0.216. The zero-order valence-electron chi connectivity index (χ0n) is 10.7. The second-order valence-electron chi connectivity index (χ2n) is 3.75. The molecule has 0 rings (SSSR count). The fraction of sp³-hybridized carbons (Fsp3) is 0.889. The van der Waals surface area contributed by atoms with Crippen molar-refractivity contribution in [3.8, 4) is 0 Å². The number of nitrogens with zero attached hydrogens (tertiary/aromatic N) is 2. The van der Waals surface area contributed by atoms with Crippen molar-refractivity contribution in [3.05, 3.63) is 0 Å². The molecule has 16 heavy (non-hydrogen) atoms. The lowest BCUT2D eigenvalue weighted by Crippen LogP contribution is -2.32. The van der Waals surface area contributed by atoms with E-state index in [2.05, 4.69) is 5.32 Å². The van der Waals surface area contributed by atoms with Crippen LogP contribution < -0.4 is 5.32 Å². The fourth-order valence-electron chi connectivity index (χ4n) is 1.16. The van der Waals surface area contributed by atoms with Crippen molar-refractivity contribution >= 4 is 24.1 Å². The fourth-order valence-corrected chi connectivity index (χ4v) is 3.11. The summed E-state index contributed by atoms with van der Waals surface area (Å²) in [4.78, 5) is 11.1. The summed E-state index contributed by atoms with van der Waals surface area (Å²) in [6.45, 7) is 2.42. The third-order valence-corrected chi connectivity index (χ3v) is 7.63. The first-order valence-electron chi connectivity index (χ1n) is 5.15. The molecule has 0 radical (unpaired) electrons. The first-order valence-corrected chi connectivity index (χ1v) is 8.05. The Hall–Kier alpha value is -0.0000000000000000694. The number of carbonyl (C=O) groups is 1. The molecule has 0 aliphatic rings. The van der Waals surface area contributed by atoms with Gasteiger partial charge in [0.1, 0.15) is 0 Å². The number of rotatable bonds is 7. The number of esters is 1. The highest BCUT2D eigenvalue weighted by Crippen LogP contribution is 2.48. The van der Waals surface area contributed by atoms with E-state index >= 15 is 0 Å². The van der Waals surface area contributed by atoms with Gasteiger partial charge in [-0.05, 0) is 35.1 Å². The molecular formula is C9H22N3O2PS. The smallest absolute Gasteiger partial charge is 0.319 e. The van der Waals surface area contributed by atoms with Crippen LogP contribution in [-0.4, -0.2) is 62.9 Å². The lowest BCUT2D eigenvalue weighted by Gasteiger charge is -2.34. The number of carbonyl (C=O) groups excluding carboxylic acids is 1. The van der Waals surface area contributed by atoms with Crippen molar-refractivity contribution < 1.29 is 9.53 Å². The molecule has 7 heteroatoms. The first kappa shape index (κ1) is 16.0. The van der Waals surface area contributed by atoms with Gasteiger partial charge in [-0.3, -0.25) is 19.5 Å². The van der Waals surface area contributed by atoms with Crippen LogP contribution in [0.3, 0.4) is 0 Å². The molecule has 0 bridgehead atoms. The molecule has 1 N–H and O–H groups in total. The van der Waals surface area contributed by atoms with Crippen LogP contribution in [0.25, 0.3) is 0 Å². The molecule has 0 fully saturated rings. The summed E-state index contributed by atoms with van der Waals surface area (Å²) < 4.78 is 8.91. The lowest BCUT2D eigenvalue weighted by molar-refractivity contribution is -0.141. The van der Waals surface area contributed by atoms with E-state index in [1.165, 1.54) is 0 Å². The minimum atomic E-state index is -1.76. The van der Waals surface area contributed by atoms with Gasteiger partial charge in [-0.2, -0.15) is 0 Å². The van der Waals surface area contributed by atoms with Crippen LogP contribution in [0.2, 0.25) is 0 Å². The summed E-state index contributed by atoms with van der Waals surface area (Å²) in [6, 6.07) is 0. The molecule has 0 spiro atoms. The summed E-state index contributed by atoms with van der Waals surface area (Å²) in [5.41, 5.74) is 0. The normalized spacial score (nSPS) is 12.2. The molecule has 0 amide bonds. The SMILES string of the molecule is CCOC(=O)CNCP(=S)(N(C)C)N(C)C. The highest BCUT2D eigenvalue weighted by Gasteiger charge is 2.22. The van der Waals surface area contributed by atoms with Crippen LogP contribution in [0.15, 0.2) is 0 Å². The molecule has 0 aliphatic carbocycles. The second kappa shape index (κ2) is 7.35. The lowest BCUT2D eigenvalue weighted by atomic mass is 10.6. The van der Waals surface area contributed by atoms with Gasteiger partial charge in [-0.1, -0.05) is 11.8 Å². The van der Waals surface area contributed by atoms with E-state index in [9.17, 15) is 4.79 Å². The standard InChI is InChI=1S/C9H22N3O2PS/c1-6-14-9(13)7-10-8-15(16,11(2)3)12(4)5/h10H,6-8H2,1-5H3. The third kappa shape index (κ3) is 4.89. The number of ether oxygens (including phenoxy) is 1. The van der Waals surface area contributed by atoms with E-state index in [0.717, 1.165) is 0 Å². The van der Waals surface area contributed by atoms with Crippen LogP contribution in [0.5, 0.6) is 0 Å². The average Bonchev–Trinajstić information content (AvgIpc) is 2.17. The molecule has 0 saturated carbocycles. The zero-order valence-corrected chi connectivity index (χ0v) is 12.4. The van der Waals surface area contributed by atoms with Gasteiger partial charge in [0, 0.05) is 0 Å². The van der Waals surface area contributed by atoms with E-state index in [-0.39, 0.29) is 12.5 Å². The Labute approximate surface area is 103 Å². The first-order chi connectivity index (χ1) is 7.34. The van der Waals surface area contributed by atoms with Gasteiger partial charge in [0.2, 0.25) is 0 Å². The van der Waals surface area contributed by atoms with E-state index in [1.54, 1.807) is 6.92 Å². The van der Waals surface area contributed by atoms with Crippen LogP contribution in [0, 0.1) is 0 Å². The maximum atomic E-state index is 11.1. The topological polar surface area (TPSA) is 44.8 Å². The maximum absolute atomic E-state index is 11.1. The molecule has 0 aromatic heterocycles. The van der Waals surface area contributed by atoms with Crippen molar-refractivity contribution in [3.63, 3.8) is 0 Å². The molecular weight excluding hydrogens is 245 g/mol. The minimum Gasteiger partial charge on any atom is -0.465 e. The summed E-state index contributed by atoms with van der Waals surface area (Å²) in [5, 5.41) is 3.06. The number of hydrogen-bond acceptors (Lipinski definition) is 4. The Morgan fingerprint density at radius 1 is 1.31 bits per heavy atom. The van der Waals surface area contributed by atoms with Gasteiger partial charge in [-0.15, -0.1) is 0 Å². The van der Waals surface area contributed by atoms with Gasteiger partial charge in [0.15, 0.2) is 0 Å². The van der Waals surface area contributed by atoms with Gasteiger partial charge in [0.05, 0.1) is 25.8 Å². The quantitative estimate of drug-likeness (QED) is 0.536. The summed E-state index contributed by atoms with van der Waals surface area (Å²) in [6.07, 6.45) is -1.13. The third-order valence-electron chi connectivity index (χ3n) is 2.14. The van der Waals surface area contributed by atoms with E-state index in [4.69, 9.17) is 16.5 Å². The Morgan fingerprint density at radius 2 is 1.81 bits per heavy atom. The molecule has 0 unspecified atom stereocenters. The van der Waals surface area contributed by atoms with Crippen LogP contribution in [0.4, 0.5) is 0 Å². The van der Waals surface area contributed by atoms with Gasteiger partial charge in [-0.25, -0.2) is 0 Å². The van der Waals surface area contributed by atoms with Crippen LogP contribution in [0.1, 0.15) is 6.92 Å². The number of nitrogens with one attached hydrogen (secondary N) is 1. The summed E-state index contributed by atoms with van der Waals surface area (Å²) in [5.74, 6) is -0.235. The highest BCUT2D eigenvalue weighted by atomic mass is 32.4. The maximum Gasteiger partial charge on any atom is 0.319 e. The van der Waals surface area contributed by atoms with Gasteiger partial charge < -0.3 is 4.74 Å². The predicted molar refractivity (Wildman–Crippen MR) is 71.2 cm³/mol. The molecule has 0 aromatic carbocycles. The van der Waals surface area contributed by atoms with E-state index in [0.29, 0.717) is 12.9 Å². The Kier molecular flexibility index (Phi) is 7.35. The van der Waals surface area contributed by atoms with Gasteiger partial charge >= 0.3 is 5.97 Å². The Balaban J connectivity index is 4.16. The van der Waals surface area contributed by atoms with Crippen LogP contribution in [-0.2, 0) is 21.3 Å². The summed E-state index contributed by atoms with van der Waals surface area (Å²) in [7, 11) is 7.86. The Bertz CT molecular complexity index is 259. The van der Waals surface area contributed by atoms with Crippen molar-refractivity contribution in [2.24, 2.45) is 0 Å². The van der Waals surface area contributed by atoms with E-state index in [1.807, 2.05) is 37.5 Å². The van der Waals surface area contributed by atoms with Crippen molar-refractivity contribution in [1.29, 1.82) is 0 Å². The molecule has 0 saturated heterocycles. The van der Waals surface area contributed by atoms with Crippen molar-refractivity contribution in [2.75, 3.05) is 47.6 Å². The zero-order chi connectivity index (χ0) is 12.8. The largest absolute Gasteiger partial charge is 0.465 e.